The number of phenolic OH excluding ortho intramolecular Hbond substituents is 1. The summed E-state index contributed by atoms with van der Waals surface area (Å²) in [6.45, 7) is 0. The zero-order chi connectivity index (χ0) is 24.6. The van der Waals surface area contributed by atoms with E-state index in [1.165, 1.54) is 18.4 Å². The molecule has 7 nitrogen and oxygen atoms in total. The second-order valence-corrected chi connectivity index (χ2v) is 8.26. The molecule has 0 saturated carbocycles. The Hall–Kier alpha value is -4.43. The largest absolute Gasteiger partial charge is 0.507 e. The normalized spacial score (nSPS) is 11.4. The molecule has 0 spiro atoms. The lowest BCUT2D eigenvalue weighted by atomic mass is 10.1. The SMILES string of the molecule is O=C(NN=Cc1ccc(-c2ccc(Br)cc2)o1)C(=Cc1ccccc1O)NC(=O)c1ccccc1. The first-order chi connectivity index (χ1) is 17.0. The molecular formula is C27H20BrN3O4. The van der Waals surface area contributed by atoms with Gasteiger partial charge in [0.25, 0.3) is 11.8 Å². The summed E-state index contributed by atoms with van der Waals surface area (Å²) in [6, 6.07) is 26.1. The minimum absolute atomic E-state index is 0.0358. The summed E-state index contributed by atoms with van der Waals surface area (Å²) in [4.78, 5) is 25.5. The van der Waals surface area contributed by atoms with Crippen LogP contribution in [0, 0.1) is 0 Å². The summed E-state index contributed by atoms with van der Waals surface area (Å²) in [5, 5.41) is 16.6. The average Bonchev–Trinajstić information content (AvgIpc) is 3.34. The van der Waals surface area contributed by atoms with Crippen LogP contribution in [0.3, 0.4) is 0 Å². The number of para-hydroxylation sites is 1. The molecule has 0 aliphatic heterocycles. The van der Waals surface area contributed by atoms with Crippen molar-refractivity contribution in [3.63, 3.8) is 0 Å². The predicted molar refractivity (Wildman–Crippen MR) is 138 cm³/mol. The van der Waals surface area contributed by atoms with E-state index < -0.39 is 11.8 Å². The Morgan fingerprint density at radius 3 is 2.34 bits per heavy atom. The number of hydrogen-bond acceptors (Lipinski definition) is 5. The summed E-state index contributed by atoms with van der Waals surface area (Å²) in [5.74, 6) is -0.0975. The molecule has 1 aromatic heterocycles. The fourth-order valence-corrected chi connectivity index (χ4v) is 3.38. The number of nitrogens with one attached hydrogen (secondary N) is 2. The number of hydrazone groups is 1. The Morgan fingerprint density at radius 1 is 0.886 bits per heavy atom. The number of carbonyl (C=O) groups is 2. The number of benzene rings is 3. The monoisotopic (exact) mass is 529 g/mol. The molecule has 2 amide bonds. The first-order valence-electron chi connectivity index (χ1n) is 10.5. The van der Waals surface area contributed by atoms with Gasteiger partial charge in [-0.2, -0.15) is 5.10 Å². The van der Waals surface area contributed by atoms with Crippen LogP contribution in [-0.2, 0) is 4.79 Å². The molecule has 3 aromatic carbocycles. The van der Waals surface area contributed by atoms with Crippen LogP contribution in [0.2, 0.25) is 0 Å². The van der Waals surface area contributed by atoms with E-state index in [4.69, 9.17) is 4.42 Å². The van der Waals surface area contributed by atoms with Crippen LogP contribution in [-0.4, -0.2) is 23.1 Å². The van der Waals surface area contributed by atoms with Gasteiger partial charge in [-0.1, -0.05) is 64.5 Å². The highest BCUT2D eigenvalue weighted by molar-refractivity contribution is 9.10. The number of aromatic hydroxyl groups is 1. The van der Waals surface area contributed by atoms with Crippen molar-refractivity contribution in [2.45, 2.75) is 0 Å². The third-order valence-corrected chi connectivity index (χ3v) is 5.41. The van der Waals surface area contributed by atoms with Gasteiger partial charge in [0, 0.05) is 21.2 Å². The summed E-state index contributed by atoms with van der Waals surface area (Å²) < 4.78 is 6.71. The maximum atomic E-state index is 12.8. The van der Waals surface area contributed by atoms with Crippen molar-refractivity contribution in [3.8, 4) is 17.1 Å². The Morgan fingerprint density at radius 2 is 1.60 bits per heavy atom. The maximum absolute atomic E-state index is 12.8. The number of nitrogens with zero attached hydrogens (tertiary/aromatic N) is 1. The minimum Gasteiger partial charge on any atom is -0.507 e. The van der Waals surface area contributed by atoms with Crippen molar-refractivity contribution < 1.29 is 19.1 Å². The smallest absolute Gasteiger partial charge is 0.287 e. The quantitative estimate of drug-likeness (QED) is 0.171. The lowest BCUT2D eigenvalue weighted by Gasteiger charge is -2.09. The van der Waals surface area contributed by atoms with Gasteiger partial charge in [0.15, 0.2) is 0 Å². The molecule has 8 heteroatoms. The fourth-order valence-electron chi connectivity index (χ4n) is 3.11. The van der Waals surface area contributed by atoms with Gasteiger partial charge < -0.3 is 14.8 Å². The maximum Gasteiger partial charge on any atom is 0.287 e. The predicted octanol–water partition coefficient (Wildman–Crippen LogP) is 5.34. The van der Waals surface area contributed by atoms with Gasteiger partial charge in [0.1, 0.15) is 23.0 Å². The van der Waals surface area contributed by atoms with E-state index >= 15 is 0 Å². The third-order valence-electron chi connectivity index (χ3n) is 4.88. The van der Waals surface area contributed by atoms with Crippen molar-refractivity contribution in [3.05, 3.63) is 118 Å². The molecule has 3 N–H and O–H groups in total. The molecule has 4 aromatic rings. The highest BCUT2D eigenvalue weighted by Gasteiger charge is 2.15. The number of rotatable bonds is 7. The van der Waals surface area contributed by atoms with Crippen LogP contribution in [0.15, 0.2) is 111 Å². The van der Waals surface area contributed by atoms with E-state index in [-0.39, 0.29) is 11.4 Å². The van der Waals surface area contributed by atoms with Crippen LogP contribution in [0.5, 0.6) is 5.75 Å². The van der Waals surface area contributed by atoms with Gasteiger partial charge in [-0.05, 0) is 48.5 Å². The second-order valence-electron chi connectivity index (χ2n) is 7.35. The molecule has 4 rings (SSSR count). The van der Waals surface area contributed by atoms with Gasteiger partial charge >= 0.3 is 0 Å². The fraction of sp³-hybridized carbons (Fsp3) is 0. The number of hydrogen-bond donors (Lipinski definition) is 3. The highest BCUT2D eigenvalue weighted by Crippen LogP contribution is 2.23. The topological polar surface area (TPSA) is 104 Å². The van der Waals surface area contributed by atoms with Gasteiger partial charge in [0.05, 0.1) is 6.21 Å². The minimum atomic E-state index is -0.673. The lowest BCUT2D eigenvalue weighted by Crippen LogP contribution is -2.32. The first kappa shape index (κ1) is 23.7. The summed E-state index contributed by atoms with van der Waals surface area (Å²) in [7, 11) is 0. The highest BCUT2D eigenvalue weighted by atomic mass is 79.9. The zero-order valence-corrected chi connectivity index (χ0v) is 19.9. The molecule has 0 fully saturated rings. The van der Waals surface area contributed by atoms with Crippen molar-refractivity contribution >= 4 is 40.0 Å². The van der Waals surface area contributed by atoms with Crippen LogP contribution in [0.1, 0.15) is 21.7 Å². The Kier molecular flexibility index (Phi) is 7.54. The molecule has 0 aliphatic rings. The van der Waals surface area contributed by atoms with Gasteiger partial charge in [-0.25, -0.2) is 5.43 Å². The third kappa shape index (κ3) is 6.33. The standard InChI is InChI=1S/C27H20BrN3O4/c28-21-12-10-18(11-13-21)25-15-14-22(35-25)17-29-31-27(34)23(16-20-8-4-5-9-24(20)32)30-26(33)19-6-2-1-3-7-19/h1-17,32H,(H,30,33)(H,31,34). The Balaban J connectivity index is 1.50. The van der Waals surface area contributed by atoms with Crippen LogP contribution < -0.4 is 10.7 Å². The van der Waals surface area contributed by atoms with Crippen molar-refractivity contribution in [1.82, 2.24) is 10.7 Å². The Bertz CT molecular complexity index is 1390. The average molecular weight is 530 g/mol. The molecular weight excluding hydrogens is 510 g/mol. The number of carbonyl (C=O) groups excluding carboxylic acids is 2. The number of amides is 2. The second kappa shape index (κ2) is 11.1. The zero-order valence-electron chi connectivity index (χ0n) is 18.3. The molecule has 0 bridgehead atoms. The summed E-state index contributed by atoms with van der Waals surface area (Å²) >= 11 is 3.40. The van der Waals surface area contributed by atoms with Crippen molar-refractivity contribution in [2.75, 3.05) is 0 Å². The van der Waals surface area contributed by atoms with E-state index in [2.05, 4.69) is 31.8 Å². The number of phenols is 1. The molecule has 0 aliphatic carbocycles. The van der Waals surface area contributed by atoms with E-state index in [0.29, 0.717) is 22.6 Å². The van der Waals surface area contributed by atoms with Crippen LogP contribution in [0.4, 0.5) is 0 Å². The summed E-state index contributed by atoms with van der Waals surface area (Å²) in [5.41, 5.74) is 3.93. The molecule has 1 heterocycles. The first-order valence-corrected chi connectivity index (χ1v) is 11.3. The van der Waals surface area contributed by atoms with Gasteiger partial charge in [-0.15, -0.1) is 0 Å². The van der Waals surface area contributed by atoms with Gasteiger partial charge in [0.2, 0.25) is 0 Å². The van der Waals surface area contributed by atoms with Crippen molar-refractivity contribution in [2.24, 2.45) is 5.10 Å². The molecule has 0 radical (unpaired) electrons. The molecule has 0 atom stereocenters. The lowest BCUT2D eigenvalue weighted by molar-refractivity contribution is -0.117. The molecule has 0 saturated heterocycles. The molecule has 0 unspecified atom stereocenters. The number of furan rings is 1. The van der Waals surface area contributed by atoms with E-state index in [1.807, 2.05) is 24.3 Å². The molecule has 35 heavy (non-hydrogen) atoms. The van der Waals surface area contributed by atoms with Crippen molar-refractivity contribution in [1.29, 1.82) is 0 Å². The van der Waals surface area contributed by atoms with E-state index in [9.17, 15) is 14.7 Å². The molecule has 174 valence electrons. The summed E-state index contributed by atoms with van der Waals surface area (Å²) in [6.07, 6.45) is 2.73. The van der Waals surface area contributed by atoms with Gasteiger partial charge in [-0.3, -0.25) is 9.59 Å². The van der Waals surface area contributed by atoms with Crippen LogP contribution >= 0.6 is 15.9 Å². The van der Waals surface area contributed by atoms with Crippen LogP contribution in [0.25, 0.3) is 17.4 Å². The van der Waals surface area contributed by atoms with E-state index in [1.54, 1.807) is 60.7 Å². The Labute approximate surface area is 209 Å². The van der Waals surface area contributed by atoms with E-state index in [0.717, 1.165) is 10.0 Å². The number of halogens is 1.